The van der Waals surface area contributed by atoms with Crippen LogP contribution in [0, 0.1) is 0 Å². The Bertz CT molecular complexity index is 889. The van der Waals surface area contributed by atoms with E-state index in [1.807, 2.05) is 0 Å². The molecule has 0 heterocycles. The first-order valence-corrected chi connectivity index (χ1v) is 10.1. The van der Waals surface area contributed by atoms with Gasteiger partial charge in [0.05, 0.1) is 20.6 Å². The number of carbonyl (C=O) groups is 1. The summed E-state index contributed by atoms with van der Waals surface area (Å²) in [6.07, 6.45) is 0.462. The van der Waals surface area contributed by atoms with Crippen molar-refractivity contribution < 1.29 is 23.1 Å². The quantitative estimate of drug-likeness (QED) is 0.528. The van der Waals surface area contributed by atoms with Crippen LogP contribution >= 0.6 is 23.2 Å². The number of hydrogen-bond donors (Lipinski definition) is 3. The molecule has 0 fully saturated rings. The zero-order valence-electron chi connectivity index (χ0n) is 14.1. The van der Waals surface area contributed by atoms with E-state index in [4.69, 9.17) is 33.0 Å². The molecule has 2 aromatic rings. The molecule has 2 aromatic carbocycles. The topological polar surface area (TPSA) is 105 Å². The van der Waals surface area contributed by atoms with Crippen molar-refractivity contribution in [2.24, 2.45) is 0 Å². The summed E-state index contributed by atoms with van der Waals surface area (Å²) < 4.78 is 32.5. The fourth-order valence-electron chi connectivity index (χ4n) is 2.00. The van der Waals surface area contributed by atoms with E-state index in [-0.39, 0.29) is 34.7 Å². The SMILES string of the molecule is O=C(COc1ccc(S(=O)(=O)Nc2ccc(Cl)c(Cl)c2)cc1)NCCCO. The summed E-state index contributed by atoms with van der Waals surface area (Å²) in [6, 6.07) is 10.0. The van der Waals surface area contributed by atoms with Crippen LogP contribution in [0.2, 0.25) is 10.0 Å². The number of ether oxygens (including phenoxy) is 1. The average molecular weight is 433 g/mol. The third-order valence-electron chi connectivity index (χ3n) is 3.33. The minimum Gasteiger partial charge on any atom is -0.484 e. The highest BCUT2D eigenvalue weighted by atomic mass is 35.5. The van der Waals surface area contributed by atoms with Gasteiger partial charge in [0.15, 0.2) is 6.61 Å². The van der Waals surface area contributed by atoms with Crippen molar-refractivity contribution in [2.75, 3.05) is 24.5 Å². The van der Waals surface area contributed by atoms with Crippen molar-refractivity contribution >= 4 is 44.8 Å². The summed E-state index contributed by atoms with van der Waals surface area (Å²) in [4.78, 5) is 11.5. The lowest BCUT2D eigenvalue weighted by atomic mass is 10.3. The van der Waals surface area contributed by atoms with Crippen molar-refractivity contribution in [1.82, 2.24) is 5.32 Å². The van der Waals surface area contributed by atoms with Gasteiger partial charge in [0.2, 0.25) is 0 Å². The Labute approximate surface area is 167 Å². The first-order valence-electron chi connectivity index (χ1n) is 7.90. The van der Waals surface area contributed by atoms with Crippen LogP contribution in [0.25, 0.3) is 0 Å². The number of aliphatic hydroxyl groups is 1. The van der Waals surface area contributed by atoms with E-state index in [9.17, 15) is 13.2 Å². The molecule has 0 bridgehead atoms. The normalized spacial score (nSPS) is 11.1. The van der Waals surface area contributed by atoms with Gasteiger partial charge in [-0.25, -0.2) is 8.42 Å². The van der Waals surface area contributed by atoms with Gasteiger partial charge in [-0.15, -0.1) is 0 Å². The number of aliphatic hydroxyl groups excluding tert-OH is 1. The average Bonchev–Trinajstić information content (AvgIpc) is 2.63. The Hall–Kier alpha value is -2.00. The van der Waals surface area contributed by atoms with Gasteiger partial charge in [-0.2, -0.15) is 0 Å². The van der Waals surface area contributed by atoms with E-state index in [0.717, 1.165) is 0 Å². The Morgan fingerprint density at radius 3 is 2.41 bits per heavy atom. The Kier molecular flexibility index (Phi) is 7.73. The second-order valence-electron chi connectivity index (χ2n) is 5.42. The molecule has 0 aliphatic rings. The van der Waals surface area contributed by atoms with Gasteiger partial charge < -0.3 is 15.2 Å². The molecule has 0 saturated carbocycles. The van der Waals surface area contributed by atoms with E-state index < -0.39 is 10.0 Å². The molecular formula is C17H18Cl2N2O5S. The lowest BCUT2D eigenvalue weighted by Gasteiger charge is -2.10. The van der Waals surface area contributed by atoms with Crippen LogP contribution in [0.5, 0.6) is 5.75 Å². The largest absolute Gasteiger partial charge is 0.484 e. The molecule has 0 aliphatic heterocycles. The summed E-state index contributed by atoms with van der Waals surface area (Å²) in [5, 5.41) is 11.8. The predicted octanol–water partition coefficient (Wildman–Crippen LogP) is 2.67. The molecule has 0 radical (unpaired) electrons. The minimum atomic E-state index is -3.82. The highest BCUT2D eigenvalue weighted by Gasteiger charge is 2.15. The van der Waals surface area contributed by atoms with Crippen LogP contribution in [0.4, 0.5) is 5.69 Å². The summed E-state index contributed by atoms with van der Waals surface area (Å²) in [5.74, 6) is 0.0160. The van der Waals surface area contributed by atoms with Crippen molar-refractivity contribution in [1.29, 1.82) is 0 Å². The number of halogens is 2. The number of rotatable bonds is 9. The molecule has 0 saturated heterocycles. The van der Waals surface area contributed by atoms with Gasteiger partial charge >= 0.3 is 0 Å². The molecule has 3 N–H and O–H groups in total. The highest BCUT2D eigenvalue weighted by molar-refractivity contribution is 7.92. The van der Waals surface area contributed by atoms with Crippen molar-refractivity contribution in [3.05, 3.63) is 52.5 Å². The van der Waals surface area contributed by atoms with Crippen LogP contribution in [0.3, 0.4) is 0 Å². The van der Waals surface area contributed by atoms with E-state index in [2.05, 4.69) is 10.0 Å². The number of nitrogens with one attached hydrogen (secondary N) is 2. The summed E-state index contributed by atoms with van der Waals surface area (Å²) in [7, 11) is -3.82. The van der Waals surface area contributed by atoms with Crippen molar-refractivity contribution in [3.63, 3.8) is 0 Å². The fraction of sp³-hybridized carbons (Fsp3) is 0.235. The lowest BCUT2D eigenvalue weighted by Crippen LogP contribution is -2.30. The summed E-state index contributed by atoms with van der Waals surface area (Å²) in [5.41, 5.74) is 0.282. The lowest BCUT2D eigenvalue weighted by molar-refractivity contribution is -0.123. The molecule has 1 amide bonds. The standard InChI is InChI=1S/C17H18Cl2N2O5S/c18-15-7-2-12(10-16(15)19)21-27(24,25)14-5-3-13(4-6-14)26-11-17(23)20-8-1-9-22/h2-7,10,21-22H,1,8-9,11H2,(H,20,23). The van der Waals surface area contributed by atoms with Crippen LogP contribution in [0.1, 0.15) is 6.42 Å². The van der Waals surface area contributed by atoms with Crippen molar-refractivity contribution in [3.8, 4) is 5.75 Å². The Morgan fingerprint density at radius 1 is 1.07 bits per heavy atom. The maximum atomic E-state index is 12.4. The number of hydrogen-bond acceptors (Lipinski definition) is 5. The van der Waals surface area contributed by atoms with Crippen LogP contribution in [0.15, 0.2) is 47.4 Å². The van der Waals surface area contributed by atoms with E-state index >= 15 is 0 Å². The number of benzene rings is 2. The molecule has 27 heavy (non-hydrogen) atoms. The summed E-state index contributed by atoms with van der Waals surface area (Å²) >= 11 is 11.7. The van der Waals surface area contributed by atoms with Gasteiger partial charge in [-0.3, -0.25) is 9.52 Å². The van der Waals surface area contributed by atoms with Crippen LogP contribution in [-0.4, -0.2) is 39.2 Å². The number of carbonyl (C=O) groups excluding carboxylic acids is 1. The van der Waals surface area contributed by atoms with Gasteiger partial charge in [0.1, 0.15) is 5.75 Å². The molecular weight excluding hydrogens is 415 g/mol. The number of anilines is 1. The smallest absolute Gasteiger partial charge is 0.261 e. The molecule has 0 atom stereocenters. The molecule has 2 rings (SSSR count). The fourth-order valence-corrected chi connectivity index (χ4v) is 3.34. The van der Waals surface area contributed by atoms with E-state index in [1.54, 1.807) is 0 Å². The number of amides is 1. The Balaban J connectivity index is 1.96. The second-order valence-corrected chi connectivity index (χ2v) is 7.92. The van der Waals surface area contributed by atoms with Crippen LogP contribution < -0.4 is 14.8 Å². The first kappa shape index (κ1) is 21.3. The number of sulfonamides is 1. The highest BCUT2D eigenvalue weighted by Crippen LogP contribution is 2.26. The molecule has 7 nitrogen and oxygen atoms in total. The minimum absolute atomic E-state index is 0.00661. The molecule has 10 heteroatoms. The van der Waals surface area contributed by atoms with Gasteiger partial charge in [0.25, 0.3) is 15.9 Å². The Morgan fingerprint density at radius 2 is 1.78 bits per heavy atom. The molecule has 0 aromatic heterocycles. The molecule has 0 unspecified atom stereocenters. The maximum absolute atomic E-state index is 12.4. The maximum Gasteiger partial charge on any atom is 0.261 e. The third kappa shape index (κ3) is 6.59. The predicted molar refractivity (Wildman–Crippen MR) is 104 cm³/mol. The van der Waals surface area contributed by atoms with Gasteiger partial charge in [-0.1, -0.05) is 23.2 Å². The third-order valence-corrected chi connectivity index (χ3v) is 5.47. The van der Waals surface area contributed by atoms with Crippen molar-refractivity contribution in [2.45, 2.75) is 11.3 Å². The van der Waals surface area contributed by atoms with Gasteiger partial charge in [0, 0.05) is 13.2 Å². The summed E-state index contributed by atoms with van der Waals surface area (Å²) in [6.45, 7) is 0.142. The monoisotopic (exact) mass is 432 g/mol. The first-order chi connectivity index (χ1) is 12.8. The second kappa shape index (κ2) is 9.80. The zero-order valence-corrected chi connectivity index (χ0v) is 16.4. The van der Waals surface area contributed by atoms with E-state index in [1.165, 1.54) is 42.5 Å². The van der Waals surface area contributed by atoms with Gasteiger partial charge in [-0.05, 0) is 48.9 Å². The van der Waals surface area contributed by atoms with E-state index in [0.29, 0.717) is 23.7 Å². The molecule has 0 aliphatic carbocycles. The molecule has 0 spiro atoms. The zero-order chi connectivity index (χ0) is 19.9. The van der Waals surface area contributed by atoms with Crippen LogP contribution in [-0.2, 0) is 14.8 Å². The molecule has 146 valence electrons.